The molecule has 2 aromatic rings. The Balaban J connectivity index is 2.68. The van der Waals surface area contributed by atoms with Crippen LogP contribution in [0.5, 0.6) is 0 Å². The second kappa shape index (κ2) is 2.65. The lowest BCUT2D eigenvalue weighted by Crippen LogP contribution is -1.89. The van der Waals surface area contributed by atoms with Gasteiger partial charge >= 0.3 is 0 Å². The van der Waals surface area contributed by atoms with Crippen LogP contribution in [0.25, 0.3) is 11.0 Å². The molecule has 2 heterocycles. The van der Waals surface area contributed by atoms with Crippen molar-refractivity contribution in [3.05, 3.63) is 29.8 Å². The maximum atomic E-state index is 12.7. The van der Waals surface area contributed by atoms with Crippen molar-refractivity contribution in [3.8, 4) is 0 Å². The highest BCUT2D eigenvalue weighted by Crippen LogP contribution is 2.13. The van der Waals surface area contributed by atoms with Gasteiger partial charge < -0.3 is 4.98 Å². The first-order valence-electron chi connectivity index (χ1n) is 3.82. The predicted molar refractivity (Wildman–Crippen MR) is 46.1 cm³/mol. The van der Waals surface area contributed by atoms with E-state index in [2.05, 4.69) is 9.97 Å². The molecule has 4 heteroatoms. The number of fused-ring (bicyclic) bond motifs is 1. The first-order valence-corrected chi connectivity index (χ1v) is 3.82. The number of nitrogens with one attached hydrogen (secondary N) is 1. The molecule has 0 saturated carbocycles. The average Bonchev–Trinajstić information content (AvgIpc) is 2.46. The van der Waals surface area contributed by atoms with E-state index >= 15 is 0 Å². The summed E-state index contributed by atoms with van der Waals surface area (Å²) in [5, 5.41) is 0. The minimum Gasteiger partial charge on any atom is -0.351 e. The van der Waals surface area contributed by atoms with Crippen LogP contribution in [-0.4, -0.2) is 15.8 Å². The molecule has 3 nitrogen and oxygen atoms in total. The maximum absolute atomic E-state index is 12.7. The highest BCUT2D eigenvalue weighted by Gasteiger charge is 2.05. The third-order valence-corrected chi connectivity index (χ3v) is 1.81. The van der Waals surface area contributed by atoms with Crippen LogP contribution in [0.2, 0.25) is 0 Å². The topological polar surface area (TPSA) is 45.8 Å². The number of Topliss-reactive ketones (excluding diaryl/α,β-unsaturated/α-hetero) is 1. The molecule has 2 rings (SSSR count). The van der Waals surface area contributed by atoms with Gasteiger partial charge in [-0.15, -0.1) is 0 Å². The van der Waals surface area contributed by atoms with E-state index in [1.165, 1.54) is 13.0 Å². The molecule has 0 saturated heterocycles. The number of ketones is 1. The van der Waals surface area contributed by atoms with Gasteiger partial charge in [-0.3, -0.25) is 9.78 Å². The zero-order chi connectivity index (χ0) is 9.42. The molecule has 0 unspecified atom stereocenters. The van der Waals surface area contributed by atoms with Crippen molar-refractivity contribution in [3.63, 3.8) is 0 Å². The van der Waals surface area contributed by atoms with Gasteiger partial charge in [0.1, 0.15) is 5.82 Å². The van der Waals surface area contributed by atoms with E-state index in [1.807, 2.05) is 0 Å². The number of carbonyl (C=O) groups excluding carboxylic acids is 1. The fourth-order valence-corrected chi connectivity index (χ4v) is 1.17. The summed E-state index contributed by atoms with van der Waals surface area (Å²) in [5.74, 6) is -0.497. The molecule has 0 aliphatic carbocycles. The average molecular weight is 178 g/mol. The van der Waals surface area contributed by atoms with Gasteiger partial charge in [-0.05, 0) is 6.07 Å². The summed E-state index contributed by atoms with van der Waals surface area (Å²) in [6.07, 6.45) is 1.13. The molecule has 1 N–H and O–H groups in total. The van der Waals surface area contributed by atoms with Crippen LogP contribution in [0, 0.1) is 5.82 Å². The molecule has 0 aromatic carbocycles. The van der Waals surface area contributed by atoms with Crippen molar-refractivity contribution in [1.29, 1.82) is 0 Å². The van der Waals surface area contributed by atoms with Crippen molar-refractivity contribution in [2.45, 2.75) is 6.92 Å². The van der Waals surface area contributed by atoms with Crippen molar-refractivity contribution >= 4 is 16.8 Å². The number of rotatable bonds is 1. The van der Waals surface area contributed by atoms with Gasteiger partial charge in [-0.2, -0.15) is 0 Å². The molecule has 13 heavy (non-hydrogen) atoms. The minimum absolute atomic E-state index is 0.0848. The second-order valence-electron chi connectivity index (χ2n) is 2.83. The van der Waals surface area contributed by atoms with Crippen LogP contribution in [0.4, 0.5) is 4.39 Å². The summed E-state index contributed by atoms with van der Waals surface area (Å²) in [5.41, 5.74) is 1.60. The molecule has 0 amide bonds. The van der Waals surface area contributed by atoms with Crippen molar-refractivity contribution in [2.24, 2.45) is 0 Å². The van der Waals surface area contributed by atoms with E-state index in [0.717, 1.165) is 6.20 Å². The number of carbonyl (C=O) groups is 1. The molecule has 66 valence electrons. The number of aromatic amines is 1. The lowest BCUT2D eigenvalue weighted by Gasteiger charge is -1.87. The first-order chi connectivity index (χ1) is 6.16. The number of H-pyrrole nitrogens is 1. The Bertz CT molecular complexity index is 475. The van der Waals surface area contributed by atoms with Crippen LogP contribution in [0.3, 0.4) is 0 Å². The van der Waals surface area contributed by atoms with Crippen LogP contribution in [-0.2, 0) is 0 Å². The van der Waals surface area contributed by atoms with Gasteiger partial charge in [0, 0.05) is 13.0 Å². The van der Waals surface area contributed by atoms with Crippen LogP contribution < -0.4 is 0 Å². The molecule has 2 aromatic heterocycles. The van der Waals surface area contributed by atoms with Crippen molar-refractivity contribution < 1.29 is 9.18 Å². The molecule has 0 aliphatic rings. The number of pyridine rings is 1. The Morgan fingerprint density at radius 1 is 1.54 bits per heavy atom. The summed E-state index contributed by atoms with van der Waals surface area (Å²) in [4.78, 5) is 17.6. The Kier molecular flexibility index (Phi) is 1.62. The standard InChI is InChI=1S/C9H7FN2O/c1-5(13)7-3-8-9(12-7)2-6(10)4-11-8/h2-4,12H,1H3. The zero-order valence-corrected chi connectivity index (χ0v) is 6.97. The summed E-state index contributed by atoms with van der Waals surface area (Å²) in [6.45, 7) is 1.45. The fraction of sp³-hybridized carbons (Fsp3) is 0.111. The van der Waals surface area contributed by atoms with Crippen LogP contribution in [0.15, 0.2) is 18.3 Å². The molecular formula is C9H7FN2O. The van der Waals surface area contributed by atoms with Gasteiger partial charge in [-0.25, -0.2) is 4.39 Å². The number of halogens is 1. The molecular weight excluding hydrogens is 171 g/mol. The van der Waals surface area contributed by atoms with Crippen LogP contribution in [0.1, 0.15) is 17.4 Å². The Morgan fingerprint density at radius 2 is 2.31 bits per heavy atom. The smallest absolute Gasteiger partial charge is 0.176 e. The van der Waals surface area contributed by atoms with Gasteiger partial charge in [0.05, 0.1) is 22.9 Å². The third-order valence-electron chi connectivity index (χ3n) is 1.81. The molecule has 0 aliphatic heterocycles. The Hall–Kier alpha value is -1.71. The first kappa shape index (κ1) is 7.91. The number of nitrogens with zero attached hydrogens (tertiary/aromatic N) is 1. The van der Waals surface area contributed by atoms with Gasteiger partial charge in [0.2, 0.25) is 0 Å². The SMILES string of the molecule is CC(=O)c1cc2ncc(F)cc2[nH]1. The van der Waals surface area contributed by atoms with E-state index in [0.29, 0.717) is 16.7 Å². The number of aromatic nitrogens is 2. The van der Waals surface area contributed by atoms with Crippen molar-refractivity contribution in [1.82, 2.24) is 9.97 Å². The van der Waals surface area contributed by atoms with Gasteiger partial charge in [0.15, 0.2) is 5.78 Å². The normalized spacial score (nSPS) is 10.6. The van der Waals surface area contributed by atoms with E-state index in [1.54, 1.807) is 6.07 Å². The molecule has 0 spiro atoms. The fourth-order valence-electron chi connectivity index (χ4n) is 1.17. The van der Waals surface area contributed by atoms with Crippen molar-refractivity contribution in [2.75, 3.05) is 0 Å². The monoisotopic (exact) mass is 178 g/mol. The number of hydrogen-bond donors (Lipinski definition) is 1. The lowest BCUT2D eigenvalue weighted by molar-refractivity contribution is 0.101. The van der Waals surface area contributed by atoms with E-state index in [4.69, 9.17) is 0 Å². The largest absolute Gasteiger partial charge is 0.351 e. The van der Waals surface area contributed by atoms with Gasteiger partial charge in [-0.1, -0.05) is 0 Å². The van der Waals surface area contributed by atoms with E-state index in [-0.39, 0.29) is 5.78 Å². The highest BCUT2D eigenvalue weighted by atomic mass is 19.1. The predicted octanol–water partition coefficient (Wildman–Crippen LogP) is 1.90. The van der Waals surface area contributed by atoms with Crippen LogP contribution >= 0.6 is 0 Å². The summed E-state index contributed by atoms with van der Waals surface area (Å²) < 4.78 is 12.7. The molecule has 0 fully saturated rings. The maximum Gasteiger partial charge on any atom is 0.176 e. The lowest BCUT2D eigenvalue weighted by atomic mass is 10.3. The summed E-state index contributed by atoms with van der Waals surface area (Å²) in [7, 11) is 0. The van der Waals surface area contributed by atoms with E-state index < -0.39 is 5.82 Å². The molecule has 0 radical (unpaired) electrons. The second-order valence-corrected chi connectivity index (χ2v) is 2.83. The van der Waals surface area contributed by atoms with E-state index in [9.17, 15) is 9.18 Å². The molecule has 0 bridgehead atoms. The quantitative estimate of drug-likeness (QED) is 0.678. The minimum atomic E-state index is -0.413. The van der Waals surface area contributed by atoms with Gasteiger partial charge in [0.25, 0.3) is 0 Å². The number of hydrogen-bond acceptors (Lipinski definition) is 2. The Labute approximate surface area is 73.6 Å². The third kappa shape index (κ3) is 1.30. The summed E-state index contributed by atoms with van der Waals surface area (Å²) in [6, 6.07) is 2.92. The summed E-state index contributed by atoms with van der Waals surface area (Å²) >= 11 is 0. The zero-order valence-electron chi connectivity index (χ0n) is 6.97. The Morgan fingerprint density at radius 3 is 3.00 bits per heavy atom. The molecule has 0 atom stereocenters. The highest BCUT2D eigenvalue weighted by molar-refractivity contribution is 5.96.